The molecule has 0 N–H and O–H groups in total. The first kappa shape index (κ1) is 18.9. The van der Waals surface area contributed by atoms with E-state index in [9.17, 15) is 8.78 Å². The predicted octanol–water partition coefficient (Wildman–Crippen LogP) is 6.01. The lowest BCUT2D eigenvalue weighted by atomic mass is 10.1. The summed E-state index contributed by atoms with van der Waals surface area (Å²) in [5, 5.41) is 8.38. The van der Waals surface area contributed by atoms with Crippen molar-refractivity contribution in [3.8, 4) is 33.9 Å². The number of fused-ring (bicyclic) bond motifs is 2. The Morgan fingerprint density at radius 2 is 1.69 bits per heavy atom. The lowest BCUT2D eigenvalue weighted by Crippen LogP contribution is -1.95. The number of aromatic nitrogens is 5. The van der Waals surface area contributed by atoms with Gasteiger partial charge in [-0.2, -0.15) is 4.98 Å². The van der Waals surface area contributed by atoms with Crippen molar-refractivity contribution in [2.24, 2.45) is 0 Å². The zero-order valence-corrected chi connectivity index (χ0v) is 17.8. The zero-order valence-electron chi connectivity index (χ0n) is 16.2. The molecule has 0 saturated heterocycles. The third kappa shape index (κ3) is 2.93. The minimum Gasteiger partial charge on any atom is -0.432 e. The van der Waals surface area contributed by atoms with Gasteiger partial charge in [0, 0.05) is 28.0 Å². The summed E-state index contributed by atoms with van der Waals surface area (Å²) in [6.45, 7) is 0. The highest BCUT2D eigenvalue weighted by Crippen LogP contribution is 2.34. The fourth-order valence-corrected chi connectivity index (χ4v) is 4.12. The third-order valence-electron chi connectivity index (χ3n) is 5.22. The average Bonchev–Trinajstić information content (AvgIpc) is 3.50. The van der Waals surface area contributed by atoms with E-state index < -0.39 is 5.82 Å². The van der Waals surface area contributed by atoms with E-state index in [1.54, 1.807) is 47.2 Å². The van der Waals surface area contributed by atoms with Crippen molar-refractivity contribution in [2.75, 3.05) is 0 Å². The van der Waals surface area contributed by atoms with Crippen LogP contribution >= 0.6 is 15.9 Å². The Labute approximate surface area is 187 Å². The Morgan fingerprint density at radius 3 is 2.53 bits per heavy atom. The molecule has 0 unspecified atom stereocenters. The smallest absolute Gasteiger partial charge is 0.306 e. The highest BCUT2D eigenvalue weighted by Gasteiger charge is 2.20. The average molecular weight is 492 g/mol. The summed E-state index contributed by atoms with van der Waals surface area (Å²) < 4.78 is 37.8. The van der Waals surface area contributed by atoms with E-state index in [-0.39, 0.29) is 5.82 Å². The molecule has 0 aliphatic heterocycles. The molecule has 32 heavy (non-hydrogen) atoms. The molecule has 2 aromatic carbocycles. The predicted molar refractivity (Wildman–Crippen MR) is 118 cm³/mol. The first-order valence-electron chi connectivity index (χ1n) is 9.60. The first-order valence-corrected chi connectivity index (χ1v) is 10.4. The van der Waals surface area contributed by atoms with E-state index >= 15 is 0 Å². The molecule has 6 aromatic rings. The van der Waals surface area contributed by atoms with Gasteiger partial charge < -0.3 is 4.42 Å². The monoisotopic (exact) mass is 491 g/mol. The molecule has 6 rings (SSSR count). The van der Waals surface area contributed by atoms with Crippen LogP contribution in [0, 0.1) is 11.6 Å². The molecular weight excluding hydrogens is 480 g/mol. The van der Waals surface area contributed by atoms with Crippen LogP contribution in [0.3, 0.4) is 0 Å². The summed E-state index contributed by atoms with van der Waals surface area (Å²) >= 11 is 3.38. The number of hydrogen-bond donors (Lipinski definition) is 0. The van der Waals surface area contributed by atoms with Gasteiger partial charge in [0.25, 0.3) is 0 Å². The molecule has 4 heterocycles. The maximum absolute atomic E-state index is 14.6. The van der Waals surface area contributed by atoms with Gasteiger partial charge in [-0.25, -0.2) is 8.78 Å². The second kappa shape index (κ2) is 7.10. The van der Waals surface area contributed by atoms with Crippen molar-refractivity contribution in [1.82, 2.24) is 24.0 Å². The number of oxazole rings is 1. The molecule has 156 valence electrons. The van der Waals surface area contributed by atoms with Crippen molar-refractivity contribution in [1.29, 1.82) is 0 Å². The summed E-state index contributed by atoms with van der Waals surface area (Å²) in [7, 11) is 0. The lowest BCUT2D eigenvalue weighted by molar-refractivity contribution is 0.596. The number of halogens is 3. The summed E-state index contributed by atoms with van der Waals surface area (Å²) in [5.74, 6) is 0.0460. The second-order valence-corrected chi connectivity index (χ2v) is 8.08. The molecule has 0 bridgehead atoms. The Bertz CT molecular complexity index is 1620. The van der Waals surface area contributed by atoms with E-state index in [0.29, 0.717) is 28.6 Å². The second-order valence-electron chi connectivity index (χ2n) is 7.17. The fraction of sp³-hybridized carbons (Fsp3) is 0. The van der Waals surface area contributed by atoms with Crippen LogP contribution in [0.2, 0.25) is 0 Å². The molecule has 0 aliphatic carbocycles. The van der Waals surface area contributed by atoms with E-state index in [1.807, 2.05) is 16.7 Å². The molecule has 9 heteroatoms. The Morgan fingerprint density at radius 1 is 0.875 bits per heavy atom. The first-order chi connectivity index (χ1) is 15.6. The summed E-state index contributed by atoms with van der Waals surface area (Å²) in [5.41, 5.74) is 3.79. The molecular formula is C23H12BrF2N5O. The normalized spacial score (nSPS) is 11.6. The van der Waals surface area contributed by atoms with Gasteiger partial charge in [0.1, 0.15) is 23.6 Å². The van der Waals surface area contributed by atoms with Crippen LogP contribution in [0.4, 0.5) is 8.78 Å². The largest absolute Gasteiger partial charge is 0.432 e. The third-order valence-corrected chi connectivity index (χ3v) is 5.72. The van der Waals surface area contributed by atoms with E-state index in [1.165, 1.54) is 18.2 Å². The number of rotatable bonds is 3. The summed E-state index contributed by atoms with van der Waals surface area (Å²) in [6, 6.07) is 14.5. The molecule has 0 spiro atoms. The van der Waals surface area contributed by atoms with Gasteiger partial charge in [0.15, 0.2) is 11.5 Å². The summed E-state index contributed by atoms with van der Waals surface area (Å²) in [4.78, 5) is 4.59. The SMILES string of the molecule is Fc1ccc(-c2nc3occn3c2-c2ccc3nnc(-c4cc(Br)ccc4F)n3c2)cc1. The molecule has 0 amide bonds. The van der Waals surface area contributed by atoms with E-state index in [2.05, 4.69) is 31.1 Å². The van der Waals surface area contributed by atoms with Crippen LogP contribution in [-0.4, -0.2) is 24.0 Å². The van der Waals surface area contributed by atoms with E-state index in [0.717, 1.165) is 21.3 Å². The molecule has 0 saturated carbocycles. The molecule has 0 aliphatic rings. The Balaban J connectivity index is 1.59. The minimum atomic E-state index is -0.401. The summed E-state index contributed by atoms with van der Waals surface area (Å²) in [6.07, 6.45) is 5.13. The quantitative estimate of drug-likeness (QED) is 0.304. The van der Waals surface area contributed by atoms with Crippen molar-refractivity contribution in [2.45, 2.75) is 0 Å². The maximum Gasteiger partial charge on any atom is 0.306 e. The van der Waals surface area contributed by atoms with Gasteiger partial charge in [-0.3, -0.25) is 8.80 Å². The zero-order chi connectivity index (χ0) is 21.8. The fourth-order valence-electron chi connectivity index (χ4n) is 3.75. The molecule has 4 aromatic heterocycles. The Hall–Kier alpha value is -3.85. The van der Waals surface area contributed by atoms with E-state index in [4.69, 9.17) is 4.42 Å². The maximum atomic E-state index is 14.6. The van der Waals surface area contributed by atoms with Gasteiger partial charge in [0.2, 0.25) is 0 Å². The standard InChI is InChI=1S/C23H12BrF2N5O/c24-15-4-7-18(26)17(11-15)22-29-28-19-8-3-14(12-31(19)22)21-20(13-1-5-16(25)6-2-13)27-23-30(21)9-10-32-23/h1-12H. The van der Waals surface area contributed by atoms with Gasteiger partial charge in [0.05, 0.1) is 11.3 Å². The van der Waals surface area contributed by atoms with Gasteiger partial charge in [-0.15, -0.1) is 10.2 Å². The van der Waals surface area contributed by atoms with Crippen LogP contribution < -0.4 is 0 Å². The molecule has 0 radical (unpaired) electrons. The van der Waals surface area contributed by atoms with Gasteiger partial charge in [-0.05, 0) is 54.6 Å². The van der Waals surface area contributed by atoms with Crippen LogP contribution in [0.5, 0.6) is 0 Å². The Kier molecular flexibility index (Phi) is 4.19. The van der Waals surface area contributed by atoms with Gasteiger partial charge >= 0.3 is 5.84 Å². The topological polar surface area (TPSA) is 60.6 Å². The van der Waals surface area contributed by atoms with Crippen LogP contribution in [-0.2, 0) is 0 Å². The van der Waals surface area contributed by atoms with Crippen molar-refractivity contribution in [3.05, 3.63) is 89.4 Å². The molecule has 0 atom stereocenters. The molecule has 6 nitrogen and oxygen atoms in total. The molecule has 0 fully saturated rings. The van der Waals surface area contributed by atoms with Crippen molar-refractivity contribution in [3.63, 3.8) is 0 Å². The van der Waals surface area contributed by atoms with Gasteiger partial charge in [-0.1, -0.05) is 15.9 Å². The van der Waals surface area contributed by atoms with Crippen molar-refractivity contribution < 1.29 is 13.2 Å². The highest BCUT2D eigenvalue weighted by molar-refractivity contribution is 9.10. The number of pyridine rings is 1. The van der Waals surface area contributed by atoms with Crippen LogP contribution in [0.15, 0.2) is 82.1 Å². The number of hydrogen-bond acceptors (Lipinski definition) is 4. The number of benzene rings is 2. The lowest BCUT2D eigenvalue weighted by Gasteiger charge is -2.07. The highest BCUT2D eigenvalue weighted by atomic mass is 79.9. The van der Waals surface area contributed by atoms with Crippen LogP contribution in [0.1, 0.15) is 0 Å². The number of nitrogens with zero attached hydrogens (tertiary/aromatic N) is 5. The van der Waals surface area contributed by atoms with Crippen LogP contribution in [0.25, 0.3) is 45.4 Å². The van der Waals surface area contributed by atoms with Crippen molar-refractivity contribution >= 4 is 27.4 Å². The number of imidazole rings is 1. The minimum absolute atomic E-state index is 0.324.